The van der Waals surface area contributed by atoms with E-state index in [4.69, 9.17) is 0 Å². The lowest BCUT2D eigenvalue weighted by Gasteiger charge is -1.98. The van der Waals surface area contributed by atoms with Gasteiger partial charge in [0.1, 0.15) is 0 Å². The molecule has 0 bridgehead atoms. The van der Waals surface area contributed by atoms with E-state index in [0.29, 0.717) is 19.3 Å². The van der Waals surface area contributed by atoms with Gasteiger partial charge in [0.2, 0.25) is 0 Å². The quantitative estimate of drug-likeness (QED) is 0.572. The van der Waals surface area contributed by atoms with Crippen molar-refractivity contribution in [2.75, 3.05) is 7.11 Å². The van der Waals surface area contributed by atoms with Crippen LogP contribution in [0.5, 0.6) is 0 Å². The first-order valence-electron chi connectivity index (χ1n) is 4.80. The lowest BCUT2D eigenvalue weighted by Crippen LogP contribution is -2.02. The van der Waals surface area contributed by atoms with E-state index in [1.807, 2.05) is 19.1 Å². The SMILES string of the molecule is COC(=O)CCCC(=O)c1ccc(C)s1. The number of hydrogen-bond donors (Lipinski definition) is 0. The molecule has 0 amide bonds. The summed E-state index contributed by atoms with van der Waals surface area (Å²) in [6.45, 7) is 1.97. The van der Waals surface area contributed by atoms with Crippen LogP contribution < -0.4 is 0 Å². The standard InChI is InChI=1S/C11H14O3S/c1-8-6-7-10(15-8)9(12)4-3-5-11(13)14-2/h6-7H,3-5H2,1-2H3. The number of esters is 1. The third-order valence-corrected chi connectivity index (χ3v) is 3.07. The zero-order chi connectivity index (χ0) is 11.3. The van der Waals surface area contributed by atoms with Crippen molar-refractivity contribution in [2.45, 2.75) is 26.2 Å². The number of carbonyl (C=O) groups is 2. The Bertz CT molecular complexity index is 354. The maximum absolute atomic E-state index is 11.6. The molecule has 0 fully saturated rings. The molecule has 82 valence electrons. The van der Waals surface area contributed by atoms with Crippen molar-refractivity contribution >= 4 is 23.1 Å². The molecule has 4 heteroatoms. The summed E-state index contributed by atoms with van der Waals surface area (Å²) in [5.74, 6) is -0.151. The number of aryl methyl sites for hydroxylation is 1. The summed E-state index contributed by atoms with van der Waals surface area (Å²) in [5.41, 5.74) is 0. The van der Waals surface area contributed by atoms with Crippen molar-refractivity contribution in [3.05, 3.63) is 21.9 Å². The van der Waals surface area contributed by atoms with Gasteiger partial charge in [-0.2, -0.15) is 0 Å². The first-order valence-corrected chi connectivity index (χ1v) is 5.61. The molecule has 0 N–H and O–H groups in total. The number of hydrogen-bond acceptors (Lipinski definition) is 4. The fourth-order valence-electron chi connectivity index (χ4n) is 1.20. The summed E-state index contributed by atoms with van der Waals surface area (Å²) in [6.07, 6.45) is 1.28. The Hall–Kier alpha value is -1.16. The van der Waals surface area contributed by atoms with Gasteiger partial charge in [-0.15, -0.1) is 11.3 Å². The lowest BCUT2D eigenvalue weighted by molar-refractivity contribution is -0.140. The van der Waals surface area contributed by atoms with Crippen molar-refractivity contribution in [3.63, 3.8) is 0 Å². The molecule has 1 rings (SSSR count). The normalized spacial score (nSPS) is 10.0. The topological polar surface area (TPSA) is 43.4 Å². The smallest absolute Gasteiger partial charge is 0.305 e. The number of methoxy groups -OCH3 is 1. The van der Waals surface area contributed by atoms with Gasteiger partial charge in [0.15, 0.2) is 5.78 Å². The van der Waals surface area contributed by atoms with Crippen LogP contribution in [-0.4, -0.2) is 18.9 Å². The Balaban J connectivity index is 2.34. The van der Waals surface area contributed by atoms with Crippen LogP contribution in [0.15, 0.2) is 12.1 Å². The summed E-state index contributed by atoms with van der Waals surface area (Å²) < 4.78 is 4.49. The van der Waals surface area contributed by atoms with Crippen molar-refractivity contribution in [2.24, 2.45) is 0 Å². The molecule has 0 spiro atoms. The fourth-order valence-corrected chi connectivity index (χ4v) is 2.04. The summed E-state index contributed by atoms with van der Waals surface area (Å²) >= 11 is 1.49. The first-order chi connectivity index (χ1) is 7.13. The van der Waals surface area contributed by atoms with E-state index < -0.39 is 0 Å². The third-order valence-electron chi connectivity index (χ3n) is 2.03. The van der Waals surface area contributed by atoms with Crippen LogP contribution in [0.2, 0.25) is 0 Å². The van der Waals surface area contributed by atoms with Gasteiger partial charge in [-0.25, -0.2) is 0 Å². The van der Waals surface area contributed by atoms with Crippen LogP contribution >= 0.6 is 11.3 Å². The van der Waals surface area contributed by atoms with Gasteiger partial charge < -0.3 is 4.74 Å². The second-order valence-corrected chi connectivity index (χ2v) is 4.55. The highest BCUT2D eigenvalue weighted by Gasteiger charge is 2.09. The van der Waals surface area contributed by atoms with Crippen LogP contribution in [0, 0.1) is 6.92 Å². The third kappa shape index (κ3) is 3.83. The molecule has 0 saturated heterocycles. The Labute approximate surface area is 93.1 Å². The van der Waals surface area contributed by atoms with E-state index in [1.165, 1.54) is 18.4 Å². The number of ketones is 1. The summed E-state index contributed by atoms with van der Waals surface area (Å²) in [6, 6.07) is 3.76. The summed E-state index contributed by atoms with van der Waals surface area (Å²) in [7, 11) is 1.35. The van der Waals surface area contributed by atoms with Gasteiger partial charge in [-0.1, -0.05) is 0 Å². The Kier molecular flexibility index (Phi) is 4.49. The van der Waals surface area contributed by atoms with Crippen molar-refractivity contribution in [1.29, 1.82) is 0 Å². The maximum atomic E-state index is 11.6. The molecule has 0 unspecified atom stereocenters. The lowest BCUT2D eigenvalue weighted by atomic mass is 10.1. The fraction of sp³-hybridized carbons (Fsp3) is 0.455. The molecule has 0 radical (unpaired) electrons. The second kappa shape index (κ2) is 5.66. The zero-order valence-electron chi connectivity index (χ0n) is 8.91. The molecule has 1 heterocycles. The summed E-state index contributed by atoms with van der Waals surface area (Å²) in [5, 5.41) is 0. The predicted molar refractivity (Wildman–Crippen MR) is 59.3 cm³/mol. The number of rotatable bonds is 5. The van der Waals surface area contributed by atoms with Crippen molar-refractivity contribution < 1.29 is 14.3 Å². The minimum atomic E-state index is -0.259. The van der Waals surface area contributed by atoms with E-state index >= 15 is 0 Å². The summed E-state index contributed by atoms with van der Waals surface area (Å²) in [4.78, 5) is 24.3. The molecule has 1 aromatic heterocycles. The number of ether oxygens (including phenoxy) is 1. The monoisotopic (exact) mass is 226 g/mol. The molecule has 0 aliphatic rings. The average Bonchev–Trinajstić information content (AvgIpc) is 2.64. The maximum Gasteiger partial charge on any atom is 0.305 e. The number of thiophene rings is 1. The highest BCUT2D eigenvalue weighted by atomic mass is 32.1. The van der Waals surface area contributed by atoms with E-state index in [0.717, 1.165) is 9.75 Å². The zero-order valence-corrected chi connectivity index (χ0v) is 9.73. The number of carbonyl (C=O) groups excluding carboxylic acids is 2. The second-order valence-electron chi connectivity index (χ2n) is 3.26. The molecule has 0 aromatic carbocycles. The van der Waals surface area contributed by atoms with E-state index in [1.54, 1.807) is 0 Å². The minimum absolute atomic E-state index is 0.108. The Morgan fingerprint density at radius 1 is 1.33 bits per heavy atom. The molecular weight excluding hydrogens is 212 g/mol. The predicted octanol–water partition coefficient (Wildman–Crippen LogP) is 2.58. The molecule has 0 atom stereocenters. The molecule has 0 saturated carbocycles. The molecule has 3 nitrogen and oxygen atoms in total. The van der Waals surface area contributed by atoms with Gasteiger partial charge in [-0.05, 0) is 25.5 Å². The van der Waals surface area contributed by atoms with Gasteiger partial charge in [-0.3, -0.25) is 9.59 Å². The van der Waals surface area contributed by atoms with Gasteiger partial charge in [0.05, 0.1) is 12.0 Å². The highest BCUT2D eigenvalue weighted by molar-refractivity contribution is 7.14. The molecular formula is C11H14O3S. The van der Waals surface area contributed by atoms with E-state index in [-0.39, 0.29) is 11.8 Å². The Morgan fingerprint density at radius 2 is 2.07 bits per heavy atom. The minimum Gasteiger partial charge on any atom is -0.469 e. The van der Waals surface area contributed by atoms with Crippen LogP contribution in [0.1, 0.15) is 33.8 Å². The van der Waals surface area contributed by atoms with Gasteiger partial charge in [0, 0.05) is 17.7 Å². The van der Waals surface area contributed by atoms with Crippen LogP contribution in [-0.2, 0) is 9.53 Å². The van der Waals surface area contributed by atoms with E-state index in [2.05, 4.69) is 4.74 Å². The highest BCUT2D eigenvalue weighted by Crippen LogP contribution is 2.17. The van der Waals surface area contributed by atoms with Crippen molar-refractivity contribution in [1.82, 2.24) is 0 Å². The first kappa shape index (κ1) is 11.9. The van der Waals surface area contributed by atoms with Gasteiger partial charge >= 0.3 is 5.97 Å². The molecule has 0 aliphatic heterocycles. The Morgan fingerprint density at radius 3 is 2.60 bits per heavy atom. The van der Waals surface area contributed by atoms with Crippen LogP contribution in [0.4, 0.5) is 0 Å². The number of Topliss-reactive ketones (excluding diaryl/α,β-unsaturated/α-hetero) is 1. The van der Waals surface area contributed by atoms with Gasteiger partial charge in [0.25, 0.3) is 0 Å². The van der Waals surface area contributed by atoms with Crippen LogP contribution in [0.3, 0.4) is 0 Å². The van der Waals surface area contributed by atoms with E-state index in [9.17, 15) is 9.59 Å². The molecule has 0 aliphatic carbocycles. The molecule has 15 heavy (non-hydrogen) atoms. The van der Waals surface area contributed by atoms with Crippen molar-refractivity contribution in [3.8, 4) is 0 Å². The molecule has 1 aromatic rings. The average molecular weight is 226 g/mol. The largest absolute Gasteiger partial charge is 0.469 e. The van der Waals surface area contributed by atoms with Crippen LogP contribution in [0.25, 0.3) is 0 Å².